The third kappa shape index (κ3) is 6.58. The van der Waals surface area contributed by atoms with Crippen LogP contribution in [-0.2, 0) is 11.3 Å². The third-order valence-corrected chi connectivity index (χ3v) is 3.94. The lowest BCUT2D eigenvalue weighted by molar-refractivity contribution is 0.0532. The van der Waals surface area contributed by atoms with E-state index in [0.29, 0.717) is 18.7 Å². The molecular weight excluding hydrogens is 294 g/mol. The van der Waals surface area contributed by atoms with E-state index in [9.17, 15) is 0 Å². The summed E-state index contributed by atoms with van der Waals surface area (Å²) in [5, 5.41) is 10.6. The Bertz CT molecular complexity index is 453. The van der Waals surface area contributed by atoms with Crippen LogP contribution in [0.2, 0.25) is 0 Å². The summed E-state index contributed by atoms with van der Waals surface area (Å²) in [6.45, 7) is 8.79. The van der Waals surface area contributed by atoms with E-state index in [1.165, 1.54) is 0 Å². The van der Waals surface area contributed by atoms with Gasteiger partial charge in [-0.05, 0) is 26.7 Å². The first-order chi connectivity index (χ1) is 11.2. The first-order valence-corrected chi connectivity index (χ1v) is 8.37. The summed E-state index contributed by atoms with van der Waals surface area (Å²) in [5.74, 6) is 0.814. The summed E-state index contributed by atoms with van der Waals surface area (Å²) in [7, 11) is 1.79. The van der Waals surface area contributed by atoms with Crippen LogP contribution < -0.4 is 10.6 Å². The fourth-order valence-corrected chi connectivity index (χ4v) is 2.61. The summed E-state index contributed by atoms with van der Waals surface area (Å²) in [6.07, 6.45) is 4.12. The lowest BCUT2D eigenvalue weighted by Gasteiger charge is -2.33. The predicted octanol–water partition coefficient (Wildman–Crippen LogP) is 1.23. The molecule has 0 aromatic carbocycles. The van der Waals surface area contributed by atoms with Gasteiger partial charge in [0.25, 0.3) is 0 Å². The highest BCUT2D eigenvalue weighted by Crippen LogP contribution is 2.10. The molecule has 0 spiro atoms. The van der Waals surface area contributed by atoms with E-state index in [1.54, 1.807) is 13.3 Å². The molecule has 2 N–H and O–H groups in total. The van der Waals surface area contributed by atoms with E-state index in [-0.39, 0.29) is 0 Å². The highest BCUT2D eigenvalue weighted by molar-refractivity contribution is 5.79. The van der Waals surface area contributed by atoms with Crippen molar-refractivity contribution in [3.63, 3.8) is 0 Å². The zero-order valence-electron chi connectivity index (χ0n) is 14.4. The summed E-state index contributed by atoms with van der Waals surface area (Å²) >= 11 is 0. The first kappa shape index (κ1) is 17.7. The molecule has 7 nitrogen and oxygen atoms in total. The number of nitrogens with one attached hydrogen (secondary N) is 2. The quantitative estimate of drug-likeness (QED) is 0.581. The van der Waals surface area contributed by atoms with Crippen molar-refractivity contribution in [2.24, 2.45) is 4.99 Å². The van der Waals surface area contributed by atoms with Crippen LogP contribution in [0.5, 0.6) is 0 Å². The number of ether oxygens (including phenoxy) is 1. The monoisotopic (exact) mass is 323 g/mol. The molecule has 2 heterocycles. The van der Waals surface area contributed by atoms with Gasteiger partial charge in [0.05, 0.1) is 19.3 Å². The lowest BCUT2D eigenvalue weighted by atomic mass is 10.1. The van der Waals surface area contributed by atoms with Crippen molar-refractivity contribution in [2.45, 2.75) is 45.4 Å². The van der Waals surface area contributed by atoms with E-state index in [0.717, 1.165) is 50.7 Å². The molecule has 0 unspecified atom stereocenters. The Morgan fingerprint density at radius 2 is 2.26 bits per heavy atom. The smallest absolute Gasteiger partial charge is 0.191 e. The predicted molar refractivity (Wildman–Crippen MR) is 90.4 cm³/mol. The first-order valence-electron chi connectivity index (χ1n) is 8.37. The van der Waals surface area contributed by atoms with Crippen molar-refractivity contribution in [1.29, 1.82) is 0 Å². The van der Waals surface area contributed by atoms with Gasteiger partial charge in [0.2, 0.25) is 0 Å². The molecule has 0 bridgehead atoms. The van der Waals surface area contributed by atoms with Crippen molar-refractivity contribution >= 4 is 5.96 Å². The third-order valence-electron chi connectivity index (χ3n) is 3.94. The molecule has 1 aromatic heterocycles. The Morgan fingerprint density at radius 3 is 2.87 bits per heavy atom. The molecule has 130 valence electrons. The Morgan fingerprint density at radius 1 is 1.48 bits per heavy atom. The number of rotatable bonds is 7. The normalized spacial score (nSPS) is 17.7. The maximum Gasteiger partial charge on any atom is 0.191 e. The summed E-state index contributed by atoms with van der Waals surface area (Å²) < 4.78 is 10.4. The molecule has 0 radical (unpaired) electrons. The Hall–Kier alpha value is -1.60. The van der Waals surface area contributed by atoms with E-state index in [2.05, 4.69) is 39.5 Å². The summed E-state index contributed by atoms with van der Waals surface area (Å²) in [4.78, 5) is 6.74. The van der Waals surface area contributed by atoms with Crippen molar-refractivity contribution in [2.75, 3.05) is 33.3 Å². The molecule has 0 aliphatic carbocycles. The number of piperidine rings is 1. The van der Waals surface area contributed by atoms with Gasteiger partial charge in [-0.25, -0.2) is 0 Å². The number of aliphatic imine (C=N–C) groups is 1. The van der Waals surface area contributed by atoms with E-state index in [1.807, 2.05) is 6.07 Å². The van der Waals surface area contributed by atoms with Crippen LogP contribution in [0.4, 0.5) is 0 Å². The summed E-state index contributed by atoms with van der Waals surface area (Å²) in [6, 6.07) is 2.30. The molecule has 2 rings (SSSR count). The second-order valence-corrected chi connectivity index (χ2v) is 6.10. The van der Waals surface area contributed by atoms with Crippen LogP contribution >= 0.6 is 0 Å². The van der Waals surface area contributed by atoms with Crippen molar-refractivity contribution in [1.82, 2.24) is 20.7 Å². The van der Waals surface area contributed by atoms with Crippen LogP contribution in [0, 0.1) is 0 Å². The standard InChI is InChI=1S/C16H29N5O2/c1-13(2)22-11-9-21-7-4-14(5-8-21)19-16(17-3)18-12-15-6-10-23-20-15/h6,10,13-14H,4-5,7-9,11-12H2,1-3H3,(H2,17,18,19). The second-order valence-electron chi connectivity index (χ2n) is 6.10. The molecule has 0 saturated carbocycles. The zero-order chi connectivity index (χ0) is 16.5. The fraction of sp³-hybridized carbons (Fsp3) is 0.750. The van der Waals surface area contributed by atoms with Gasteiger partial charge in [-0.3, -0.25) is 4.99 Å². The fourth-order valence-electron chi connectivity index (χ4n) is 2.61. The topological polar surface area (TPSA) is 74.9 Å². The Kier molecular flexibility index (Phi) is 7.35. The van der Waals surface area contributed by atoms with Crippen molar-refractivity contribution in [3.8, 4) is 0 Å². The van der Waals surface area contributed by atoms with Crippen LogP contribution in [-0.4, -0.2) is 61.5 Å². The van der Waals surface area contributed by atoms with Gasteiger partial charge in [0, 0.05) is 38.8 Å². The highest BCUT2D eigenvalue weighted by atomic mass is 16.5. The molecule has 1 fully saturated rings. The molecule has 23 heavy (non-hydrogen) atoms. The van der Waals surface area contributed by atoms with Crippen molar-refractivity contribution < 1.29 is 9.26 Å². The van der Waals surface area contributed by atoms with Gasteiger partial charge in [-0.2, -0.15) is 0 Å². The van der Waals surface area contributed by atoms with E-state index in [4.69, 9.17) is 9.26 Å². The molecular formula is C16H29N5O2. The Labute approximate surface area is 138 Å². The minimum absolute atomic E-state index is 0.313. The number of hydrogen-bond donors (Lipinski definition) is 2. The average molecular weight is 323 g/mol. The minimum Gasteiger partial charge on any atom is -0.377 e. The van der Waals surface area contributed by atoms with Gasteiger partial charge in [0.1, 0.15) is 12.0 Å². The number of hydrogen-bond acceptors (Lipinski definition) is 5. The molecule has 1 aromatic rings. The molecule has 1 aliphatic rings. The largest absolute Gasteiger partial charge is 0.377 e. The SMILES string of the molecule is CN=C(NCc1ccon1)NC1CCN(CCOC(C)C)CC1. The minimum atomic E-state index is 0.313. The van der Waals surface area contributed by atoms with Gasteiger partial charge in [-0.15, -0.1) is 0 Å². The van der Waals surface area contributed by atoms with Gasteiger partial charge in [0.15, 0.2) is 5.96 Å². The van der Waals surface area contributed by atoms with Crippen LogP contribution in [0.15, 0.2) is 21.8 Å². The van der Waals surface area contributed by atoms with Crippen LogP contribution in [0.25, 0.3) is 0 Å². The number of likely N-dealkylation sites (tertiary alicyclic amines) is 1. The van der Waals surface area contributed by atoms with Gasteiger partial charge < -0.3 is 24.8 Å². The van der Waals surface area contributed by atoms with Gasteiger partial charge in [-0.1, -0.05) is 5.16 Å². The van der Waals surface area contributed by atoms with Crippen LogP contribution in [0.3, 0.4) is 0 Å². The number of guanidine groups is 1. The zero-order valence-corrected chi connectivity index (χ0v) is 14.4. The lowest BCUT2D eigenvalue weighted by Crippen LogP contribution is -2.49. The summed E-state index contributed by atoms with van der Waals surface area (Å²) in [5.41, 5.74) is 0.868. The maximum absolute atomic E-state index is 5.62. The number of aromatic nitrogens is 1. The van der Waals surface area contributed by atoms with Crippen molar-refractivity contribution in [3.05, 3.63) is 18.0 Å². The van der Waals surface area contributed by atoms with E-state index < -0.39 is 0 Å². The molecule has 7 heteroatoms. The molecule has 0 atom stereocenters. The van der Waals surface area contributed by atoms with Gasteiger partial charge >= 0.3 is 0 Å². The highest BCUT2D eigenvalue weighted by Gasteiger charge is 2.19. The van der Waals surface area contributed by atoms with Crippen LogP contribution in [0.1, 0.15) is 32.4 Å². The number of nitrogens with zero attached hydrogens (tertiary/aromatic N) is 3. The Balaban J connectivity index is 1.64. The van der Waals surface area contributed by atoms with E-state index >= 15 is 0 Å². The average Bonchev–Trinajstić information content (AvgIpc) is 3.06. The second kappa shape index (κ2) is 9.52. The molecule has 1 aliphatic heterocycles. The molecule has 1 saturated heterocycles. The molecule has 0 amide bonds. The maximum atomic E-state index is 5.62.